The van der Waals surface area contributed by atoms with Gasteiger partial charge in [-0.3, -0.25) is 9.36 Å². The zero-order valence-electron chi connectivity index (χ0n) is 19.8. The number of ether oxygens (including phenoxy) is 1. The van der Waals surface area contributed by atoms with E-state index in [-0.39, 0.29) is 5.56 Å². The van der Waals surface area contributed by atoms with Crippen molar-refractivity contribution in [1.82, 2.24) is 19.7 Å². The number of aromatic nitrogens is 4. The van der Waals surface area contributed by atoms with E-state index < -0.39 is 0 Å². The zero-order valence-corrected chi connectivity index (χ0v) is 21.4. The molecule has 6 rings (SSSR count). The Labute approximate surface area is 216 Å². The van der Waals surface area contributed by atoms with Crippen LogP contribution in [0.1, 0.15) is 35.6 Å². The van der Waals surface area contributed by atoms with Crippen LogP contribution < -0.4 is 10.3 Å². The molecule has 1 aliphatic rings. The summed E-state index contributed by atoms with van der Waals surface area (Å²) in [7, 11) is 1.63. The molecule has 0 saturated heterocycles. The molecule has 0 atom stereocenters. The minimum absolute atomic E-state index is 0.0254. The van der Waals surface area contributed by atoms with Crippen LogP contribution in [0.25, 0.3) is 27.4 Å². The first kappa shape index (κ1) is 23.0. The summed E-state index contributed by atoms with van der Waals surface area (Å²) >= 11 is 3.09. The highest BCUT2D eigenvalue weighted by atomic mass is 32.2. The molecule has 0 aliphatic heterocycles. The van der Waals surface area contributed by atoms with Crippen LogP contribution in [0.4, 0.5) is 0 Å². The molecule has 1 aliphatic carbocycles. The van der Waals surface area contributed by atoms with Crippen LogP contribution in [0.5, 0.6) is 5.75 Å². The second-order valence-corrected chi connectivity index (χ2v) is 10.7. The number of nitrogens with zero attached hydrogens (tertiary/aromatic N) is 4. The lowest BCUT2D eigenvalue weighted by Gasteiger charge is -2.12. The Bertz CT molecular complexity index is 1570. The van der Waals surface area contributed by atoms with Crippen molar-refractivity contribution in [1.29, 1.82) is 0 Å². The van der Waals surface area contributed by atoms with Crippen LogP contribution in [0.15, 0.2) is 69.0 Å². The van der Waals surface area contributed by atoms with Gasteiger partial charge in [0.1, 0.15) is 10.6 Å². The van der Waals surface area contributed by atoms with E-state index >= 15 is 0 Å². The third kappa shape index (κ3) is 4.33. The van der Waals surface area contributed by atoms with Crippen LogP contribution in [-0.4, -0.2) is 26.9 Å². The summed E-state index contributed by atoms with van der Waals surface area (Å²) in [5.41, 5.74) is 2.79. The number of methoxy groups -OCH3 is 1. The van der Waals surface area contributed by atoms with Gasteiger partial charge in [-0.25, -0.2) is 4.98 Å². The molecule has 9 heteroatoms. The van der Waals surface area contributed by atoms with Gasteiger partial charge in [0.25, 0.3) is 5.56 Å². The van der Waals surface area contributed by atoms with Crippen molar-refractivity contribution in [2.45, 2.75) is 43.0 Å². The smallest absolute Gasteiger partial charge is 0.267 e. The van der Waals surface area contributed by atoms with E-state index in [1.54, 1.807) is 23.0 Å². The van der Waals surface area contributed by atoms with Crippen molar-refractivity contribution in [3.63, 3.8) is 0 Å². The normalized spacial score (nSPS) is 13.5. The highest BCUT2D eigenvalue weighted by molar-refractivity contribution is 7.98. The van der Waals surface area contributed by atoms with Gasteiger partial charge < -0.3 is 9.15 Å². The molecule has 0 amide bonds. The molecular weight excluding hydrogens is 492 g/mol. The van der Waals surface area contributed by atoms with E-state index in [0.717, 1.165) is 52.9 Å². The minimum atomic E-state index is -0.0254. The van der Waals surface area contributed by atoms with Gasteiger partial charge in [-0.1, -0.05) is 36.4 Å². The van der Waals surface area contributed by atoms with E-state index in [0.29, 0.717) is 22.7 Å². The number of aryl methyl sites for hydroxylation is 2. The van der Waals surface area contributed by atoms with Gasteiger partial charge in [0.05, 0.1) is 23.9 Å². The maximum atomic E-state index is 14.0. The SMILES string of the molecule is COc1ccc(-n2c(SCc3nnc(-c4ccccc4)o3)nc3sc4c(c3c2=O)CCCCC4)cc1. The maximum Gasteiger partial charge on any atom is 0.267 e. The number of fused-ring (bicyclic) bond motifs is 3. The second-order valence-electron chi connectivity index (χ2n) is 8.63. The highest BCUT2D eigenvalue weighted by Gasteiger charge is 2.23. The van der Waals surface area contributed by atoms with Crippen LogP contribution in [0.2, 0.25) is 0 Å². The lowest BCUT2D eigenvalue weighted by atomic mass is 10.1. The molecule has 5 aromatic rings. The van der Waals surface area contributed by atoms with Gasteiger partial charge in [-0.05, 0) is 67.6 Å². The van der Waals surface area contributed by atoms with Gasteiger partial charge in [-0.15, -0.1) is 21.5 Å². The summed E-state index contributed by atoms with van der Waals surface area (Å²) in [4.78, 5) is 21.1. The number of thiophene rings is 1. The molecule has 0 saturated carbocycles. The van der Waals surface area contributed by atoms with Crippen LogP contribution in [0, 0.1) is 0 Å². The second kappa shape index (κ2) is 9.91. The first-order chi connectivity index (χ1) is 17.7. The molecule has 0 spiro atoms. The topological polar surface area (TPSA) is 83.0 Å². The number of thioether (sulfide) groups is 1. The van der Waals surface area contributed by atoms with Crippen molar-refractivity contribution in [2.75, 3.05) is 7.11 Å². The minimum Gasteiger partial charge on any atom is -0.497 e. The third-order valence-corrected chi connectivity index (χ3v) is 8.46. The van der Waals surface area contributed by atoms with Crippen molar-refractivity contribution in [3.8, 4) is 22.9 Å². The van der Waals surface area contributed by atoms with Gasteiger partial charge in [0, 0.05) is 10.4 Å². The Morgan fingerprint density at radius 2 is 1.83 bits per heavy atom. The predicted octanol–water partition coefficient (Wildman–Crippen LogP) is 6.07. The predicted molar refractivity (Wildman–Crippen MR) is 142 cm³/mol. The van der Waals surface area contributed by atoms with Gasteiger partial charge in [0.2, 0.25) is 11.8 Å². The van der Waals surface area contributed by atoms with Crippen LogP contribution in [-0.2, 0) is 18.6 Å². The molecule has 7 nitrogen and oxygen atoms in total. The number of hydrogen-bond donors (Lipinski definition) is 0. The Morgan fingerprint density at radius 1 is 1.03 bits per heavy atom. The molecule has 0 unspecified atom stereocenters. The highest BCUT2D eigenvalue weighted by Crippen LogP contribution is 2.35. The molecule has 2 aromatic carbocycles. The van der Waals surface area contributed by atoms with Crippen LogP contribution >= 0.6 is 23.1 Å². The summed E-state index contributed by atoms with van der Waals surface area (Å²) in [6.45, 7) is 0. The van der Waals surface area contributed by atoms with Crippen molar-refractivity contribution >= 4 is 33.3 Å². The fourth-order valence-corrected chi connectivity index (χ4v) is 6.71. The lowest BCUT2D eigenvalue weighted by molar-refractivity contribution is 0.414. The van der Waals surface area contributed by atoms with E-state index in [2.05, 4.69) is 10.2 Å². The summed E-state index contributed by atoms with van der Waals surface area (Å²) in [6.07, 6.45) is 5.43. The van der Waals surface area contributed by atoms with Gasteiger partial charge in [0.15, 0.2) is 5.16 Å². The third-order valence-electron chi connectivity index (χ3n) is 6.35. The Balaban J connectivity index is 1.41. The molecule has 182 valence electrons. The molecule has 36 heavy (non-hydrogen) atoms. The molecule has 0 N–H and O–H groups in total. The Kier molecular flexibility index (Phi) is 6.33. The fourth-order valence-electron chi connectivity index (χ4n) is 4.55. The summed E-state index contributed by atoms with van der Waals surface area (Å²) in [5.74, 6) is 2.10. The number of rotatable bonds is 6. The van der Waals surface area contributed by atoms with Crippen molar-refractivity contribution < 1.29 is 9.15 Å². The average Bonchev–Trinajstić information content (AvgIpc) is 3.46. The molecule has 0 bridgehead atoms. The van der Waals surface area contributed by atoms with Crippen molar-refractivity contribution in [2.24, 2.45) is 0 Å². The van der Waals surface area contributed by atoms with Gasteiger partial charge >= 0.3 is 0 Å². The monoisotopic (exact) mass is 516 g/mol. The summed E-state index contributed by atoms with van der Waals surface area (Å²) in [6, 6.07) is 17.2. The zero-order chi connectivity index (χ0) is 24.5. The molecule has 3 heterocycles. The fraction of sp³-hybridized carbons (Fsp3) is 0.259. The van der Waals surface area contributed by atoms with Gasteiger partial charge in [-0.2, -0.15) is 0 Å². The first-order valence-corrected chi connectivity index (χ1v) is 13.7. The maximum absolute atomic E-state index is 14.0. The molecular formula is C27H24N4O3S2. The number of hydrogen-bond acceptors (Lipinski definition) is 8. The lowest BCUT2D eigenvalue weighted by Crippen LogP contribution is -2.22. The molecule has 0 fully saturated rings. The first-order valence-electron chi connectivity index (χ1n) is 11.9. The summed E-state index contributed by atoms with van der Waals surface area (Å²) in [5, 5.41) is 9.77. The Morgan fingerprint density at radius 3 is 2.64 bits per heavy atom. The largest absolute Gasteiger partial charge is 0.497 e. The van der Waals surface area contributed by atoms with Crippen molar-refractivity contribution in [3.05, 3.63) is 81.3 Å². The van der Waals surface area contributed by atoms with E-state index in [1.165, 1.54) is 28.6 Å². The molecule has 3 aromatic heterocycles. The van der Waals surface area contributed by atoms with Crippen LogP contribution in [0.3, 0.4) is 0 Å². The molecule has 0 radical (unpaired) electrons. The van der Waals surface area contributed by atoms with E-state index in [9.17, 15) is 4.79 Å². The van der Waals surface area contributed by atoms with E-state index in [4.69, 9.17) is 14.1 Å². The standard InChI is InChI=1S/C27H24N4O3S2/c1-33-19-14-12-18(13-15-19)31-26(32)23-20-10-6-3-7-11-21(20)36-25(23)28-27(31)35-16-22-29-30-24(34-22)17-8-4-2-5-9-17/h2,4-5,8-9,12-15H,3,6-7,10-11,16H2,1H3. The average molecular weight is 517 g/mol. The quantitative estimate of drug-likeness (QED) is 0.154. The Hall–Kier alpha value is -3.43. The van der Waals surface area contributed by atoms with E-state index in [1.807, 2.05) is 54.6 Å². The summed E-state index contributed by atoms with van der Waals surface area (Å²) < 4.78 is 12.9. The number of benzene rings is 2.